The molecule has 8 rings (SSSR count). The van der Waals surface area contributed by atoms with Gasteiger partial charge in [0, 0.05) is 58.0 Å². The highest BCUT2D eigenvalue weighted by atomic mass is 32.1. The van der Waals surface area contributed by atoms with E-state index in [2.05, 4.69) is 30.6 Å². The number of pyridine rings is 2. The fraction of sp³-hybridized carbons (Fsp3) is 0.200. The summed E-state index contributed by atoms with van der Waals surface area (Å²) in [5, 5.41) is 12.2. The highest BCUT2D eigenvalue weighted by molar-refractivity contribution is 7.17. The number of carbonyl (C=O) groups excluding carboxylic acids is 2. The number of thiophene rings is 2. The lowest BCUT2D eigenvalue weighted by molar-refractivity contribution is 0.101. The van der Waals surface area contributed by atoms with Crippen LogP contribution in [0.15, 0.2) is 81.5 Å². The highest BCUT2D eigenvalue weighted by Crippen LogP contribution is 2.27. The van der Waals surface area contributed by atoms with Gasteiger partial charge in [0.25, 0.3) is 11.8 Å². The fourth-order valence-electron chi connectivity index (χ4n) is 5.71. The topological polar surface area (TPSA) is 155 Å². The van der Waals surface area contributed by atoms with Crippen molar-refractivity contribution in [3.63, 3.8) is 0 Å². The monoisotopic (exact) mass is 734 g/mol. The average Bonchev–Trinajstić information content (AvgIpc) is 3.97. The maximum Gasteiger partial charge on any atom is 0.261 e. The minimum absolute atomic E-state index is 0.114. The fourth-order valence-corrected chi connectivity index (χ4v) is 7.27. The summed E-state index contributed by atoms with van der Waals surface area (Å²) in [4.78, 5) is 63.1. The van der Waals surface area contributed by atoms with Gasteiger partial charge in [-0.25, -0.2) is 0 Å². The molecule has 0 unspecified atom stereocenters. The predicted molar refractivity (Wildman–Crippen MR) is 219 cm³/mol. The maximum absolute atomic E-state index is 12.6. The molecule has 6 aromatic heterocycles. The van der Waals surface area contributed by atoms with Gasteiger partial charge in [-0.1, -0.05) is 27.7 Å². The summed E-state index contributed by atoms with van der Waals surface area (Å²) < 4.78 is 0.565. The van der Waals surface area contributed by atoms with Crippen LogP contribution in [0.3, 0.4) is 0 Å². The third-order valence-corrected chi connectivity index (χ3v) is 10.2. The summed E-state index contributed by atoms with van der Waals surface area (Å²) >= 11 is 2.77. The van der Waals surface area contributed by atoms with Crippen LogP contribution in [0.1, 0.15) is 70.7 Å². The van der Waals surface area contributed by atoms with Crippen LogP contribution < -0.4 is 21.5 Å². The Morgan fingerprint density at radius 2 is 1.02 bits per heavy atom. The minimum Gasteiger partial charge on any atom is -0.361 e. The van der Waals surface area contributed by atoms with Crippen LogP contribution in [-0.2, 0) is 0 Å². The van der Waals surface area contributed by atoms with Gasteiger partial charge in [0.1, 0.15) is 16.0 Å². The molecule has 0 saturated carbocycles. The van der Waals surface area contributed by atoms with Crippen molar-refractivity contribution in [2.75, 3.05) is 10.6 Å². The Balaban J connectivity index is 0.000000184. The van der Waals surface area contributed by atoms with Gasteiger partial charge in [0.05, 0.1) is 15.6 Å². The lowest BCUT2D eigenvalue weighted by Gasteiger charge is -2.09. The first-order valence-electron chi connectivity index (χ1n) is 17.1. The molecule has 0 atom stereocenters. The van der Waals surface area contributed by atoms with E-state index < -0.39 is 11.8 Å². The second kappa shape index (κ2) is 16.1. The molecule has 268 valence electrons. The summed E-state index contributed by atoms with van der Waals surface area (Å²) in [5.41, 5.74) is 8.00. The zero-order chi connectivity index (χ0) is 37.7. The van der Waals surface area contributed by atoms with E-state index in [9.17, 15) is 19.2 Å². The number of carbonyl (C=O) groups is 2. The molecule has 0 radical (unpaired) electrons. The quantitative estimate of drug-likeness (QED) is 0.106. The normalized spacial score (nSPS) is 10.6. The number of aryl methyl sites for hydroxylation is 4. The van der Waals surface area contributed by atoms with Gasteiger partial charge in [0.2, 0.25) is 10.9 Å². The van der Waals surface area contributed by atoms with Crippen LogP contribution in [0.25, 0.3) is 42.2 Å². The zero-order valence-electron chi connectivity index (χ0n) is 30.4. The van der Waals surface area contributed by atoms with Crippen molar-refractivity contribution < 1.29 is 9.59 Å². The maximum atomic E-state index is 12.6. The number of rotatable bonds is 4. The Morgan fingerprint density at radius 3 is 1.58 bits per heavy atom. The van der Waals surface area contributed by atoms with Gasteiger partial charge in [-0.2, -0.15) is 0 Å². The van der Waals surface area contributed by atoms with Gasteiger partial charge in [-0.15, -0.1) is 22.7 Å². The lowest BCUT2D eigenvalue weighted by atomic mass is 10.1. The molecule has 2 amide bonds. The van der Waals surface area contributed by atoms with Crippen LogP contribution >= 0.6 is 22.7 Å². The van der Waals surface area contributed by atoms with Crippen molar-refractivity contribution in [1.82, 2.24) is 19.9 Å². The molecule has 12 heteroatoms. The van der Waals surface area contributed by atoms with E-state index >= 15 is 0 Å². The molecule has 52 heavy (non-hydrogen) atoms. The van der Waals surface area contributed by atoms with Crippen LogP contribution in [-0.4, -0.2) is 31.8 Å². The molecule has 8 aromatic rings. The smallest absolute Gasteiger partial charge is 0.261 e. The summed E-state index contributed by atoms with van der Waals surface area (Å²) in [5.74, 6) is -0.813. The van der Waals surface area contributed by atoms with Gasteiger partial charge in [-0.05, 0) is 97.1 Å². The standard InChI is InChI=1S/2C18H15N3O2S.2C2H6/c1-9-5-11-10(2)7-19-15(11)6-14(9)21-18(23)12-8-20-13-3-4-24-17(13)16(12)22;1-9-5-12-10(2)7-19-15(12)6-14(9)21-17(23)13-8-20-18-11(16(13)22)3-4-24-18;2*1-2/h2*3-8,19H,1-2H3,(H,20,22)(H,21,23);2*1-2H3. The van der Waals surface area contributed by atoms with Crippen molar-refractivity contribution in [1.29, 1.82) is 0 Å². The number of H-pyrrole nitrogens is 4. The molecule has 6 heterocycles. The third kappa shape index (κ3) is 7.34. The molecule has 2 aromatic carbocycles. The molecule has 0 saturated heterocycles. The lowest BCUT2D eigenvalue weighted by Crippen LogP contribution is -2.21. The van der Waals surface area contributed by atoms with Crippen molar-refractivity contribution in [2.24, 2.45) is 0 Å². The Hall–Kier alpha value is -5.72. The number of fused-ring (bicyclic) bond motifs is 4. The molecule has 0 fully saturated rings. The van der Waals surface area contributed by atoms with Crippen LogP contribution in [0.2, 0.25) is 0 Å². The Kier molecular flexibility index (Phi) is 11.6. The van der Waals surface area contributed by atoms with E-state index in [1.54, 1.807) is 6.07 Å². The van der Waals surface area contributed by atoms with E-state index in [4.69, 9.17) is 0 Å². The Bertz CT molecular complexity index is 2490. The van der Waals surface area contributed by atoms with E-state index in [1.807, 2.05) is 109 Å². The molecule has 0 bridgehead atoms. The number of aromatic amines is 4. The number of hydrogen-bond donors (Lipinski definition) is 6. The molecule has 0 aliphatic heterocycles. The second-order valence-corrected chi connectivity index (χ2v) is 13.5. The van der Waals surface area contributed by atoms with Gasteiger partial charge >= 0.3 is 0 Å². The van der Waals surface area contributed by atoms with Crippen LogP contribution in [0.5, 0.6) is 0 Å². The number of aromatic nitrogens is 4. The van der Waals surface area contributed by atoms with Crippen molar-refractivity contribution >= 4 is 88.1 Å². The first-order valence-corrected chi connectivity index (χ1v) is 18.8. The highest BCUT2D eigenvalue weighted by Gasteiger charge is 2.17. The second-order valence-electron chi connectivity index (χ2n) is 11.7. The molecule has 0 aliphatic carbocycles. The van der Waals surface area contributed by atoms with Crippen LogP contribution in [0, 0.1) is 27.7 Å². The van der Waals surface area contributed by atoms with Gasteiger partial charge in [0.15, 0.2) is 0 Å². The van der Waals surface area contributed by atoms with Crippen molar-refractivity contribution in [3.05, 3.63) is 126 Å². The van der Waals surface area contributed by atoms with Crippen LogP contribution in [0.4, 0.5) is 11.4 Å². The molecule has 0 spiro atoms. The van der Waals surface area contributed by atoms with Crippen molar-refractivity contribution in [3.8, 4) is 0 Å². The van der Waals surface area contributed by atoms with E-state index in [-0.39, 0.29) is 22.0 Å². The zero-order valence-corrected chi connectivity index (χ0v) is 32.0. The minimum atomic E-state index is -0.407. The van der Waals surface area contributed by atoms with Gasteiger partial charge in [-0.3, -0.25) is 19.2 Å². The summed E-state index contributed by atoms with van der Waals surface area (Å²) in [7, 11) is 0. The summed E-state index contributed by atoms with van der Waals surface area (Å²) in [6.45, 7) is 15.9. The number of nitrogens with one attached hydrogen (secondary N) is 6. The number of anilines is 2. The molecular formula is C40H42N6O4S2. The average molecular weight is 735 g/mol. The molecule has 0 aliphatic rings. The summed E-state index contributed by atoms with van der Waals surface area (Å²) in [6.07, 6.45) is 6.82. The summed E-state index contributed by atoms with van der Waals surface area (Å²) in [6, 6.07) is 11.4. The number of benzene rings is 2. The Morgan fingerprint density at radius 1 is 0.538 bits per heavy atom. The van der Waals surface area contributed by atoms with E-state index in [1.165, 1.54) is 35.1 Å². The SMILES string of the molecule is CC.CC.Cc1cc2c(C)c[nH]c2cc1NC(=O)c1c[nH]c2ccsc2c1=O.Cc1cc2c(C)c[nH]c2cc1NC(=O)c1c[nH]c2sccc2c1=O. The number of amides is 2. The molecule has 10 nitrogen and oxygen atoms in total. The first-order chi connectivity index (χ1) is 25.1. The predicted octanol–water partition coefficient (Wildman–Crippen LogP) is 9.93. The van der Waals surface area contributed by atoms with E-state index in [0.717, 1.165) is 54.4 Å². The largest absolute Gasteiger partial charge is 0.361 e. The third-order valence-electron chi connectivity index (χ3n) is 8.44. The van der Waals surface area contributed by atoms with E-state index in [0.29, 0.717) is 21.5 Å². The Labute approximate surface area is 308 Å². The number of hydrogen-bond acceptors (Lipinski definition) is 6. The van der Waals surface area contributed by atoms with Gasteiger partial charge < -0.3 is 30.6 Å². The first kappa shape index (κ1) is 37.5. The molecule has 6 N–H and O–H groups in total. The van der Waals surface area contributed by atoms with Crippen molar-refractivity contribution in [2.45, 2.75) is 55.4 Å². The molecular weight excluding hydrogens is 693 g/mol.